The number of rotatable bonds is 3. The summed E-state index contributed by atoms with van der Waals surface area (Å²) in [7, 11) is 0. The maximum Gasteiger partial charge on any atom is 0.416 e. The van der Waals surface area contributed by atoms with Crippen molar-refractivity contribution in [2.45, 2.75) is 17.4 Å². The molecule has 0 spiro atoms. The van der Waals surface area contributed by atoms with Gasteiger partial charge >= 0.3 is 6.18 Å². The second-order valence-electron chi connectivity index (χ2n) is 6.38. The van der Waals surface area contributed by atoms with Crippen LogP contribution < -0.4 is 5.32 Å². The Labute approximate surface area is 174 Å². The van der Waals surface area contributed by atoms with Gasteiger partial charge in [-0.1, -0.05) is 35.5 Å². The predicted molar refractivity (Wildman–Crippen MR) is 112 cm³/mol. The molecule has 1 aliphatic heterocycles. The molecule has 0 saturated carbocycles. The van der Waals surface area contributed by atoms with Crippen molar-refractivity contribution in [3.63, 3.8) is 0 Å². The molecule has 1 saturated heterocycles. The van der Waals surface area contributed by atoms with E-state index in [9.17, 15) is 13.2 Å². The lowest BCUT2D eigenvalue weighted by Gasteiger charge is -2.14. The summed E-state index contributed by atoms with van der Waals surface area (Å²) in [5.41, 5.74) is 1.18. The minimum Gasteiger partial charge on any atom is -0.292 e. The smallest absolute Gasteiger partial charge is 0.292 e. The Bertz CT molecular complexity index is 1060. The monoisotopic (exact) mass is 441 g/mol. The minimum atomic E-state index is -4.47. The topological polar surface area (TPSA) is 29.9 Å². The molecule has 1 N–H and O–H groups in total. The summed E-state index contributed by atoms with van der Waals surface area (Å²) < 4.78 is 41.7. The summed E-state index contributed by atoms with van der Waals surface area (Å²) in [4.78, 5) is 1.18. The lowest BCUT2D eigenvalue weighted by Crippen LogP contribution is -2.12. The van der Waals surface area contributed by atoms with Crippen LogP contribution in [0.25, 0.3) is 17.0 Å². The molecule has 9 heteroatoms. The number of hydrogen-bond donors (Lipinski definition) is 2. The molecule has 3 nitrogen and oxygen atoms in total. The van der Waals surface area contributed by atoms with Crippen molar-refractivity contribution in [2.24, 2.45) is 0 Å². The maximum absolute atomic E-state index is 13.3. The molecule has 146 valence electrons. The van der Waals surface area contributed by atoms with Gasteiger partial charge in [-0.3, -0.25) is 10.00 Å². The fourth-order valence-electron chi connectivity index (χ4n) is 3.12. The molecule has 4 rings (SSSR count). The minimum absolute atomic E-state index is 0.0110. The van der Waals surface area contributed by atoms with Crippen LogP contribution in [0.15, 0.2) is 47.5 Å². The molecule has 1 unspecified atom stereocenters. The van der Waals surface area contributed by atoms with Gasteiger partial charge in [0.1, 0.15) is 4.71 Å². The van der Waals surface area contributed by atoms with Gasteiger partial charge in [-0.05, 0) is 41.5 Å². The number of thioether (sulfide) groups is 1. The number of thiol groups is 1. The number of hydrogen-bond acceptors (Lipinski definition) is 4. The van der Waals surface area contributed by atoms with Crippen LogP contribution in [0, 0.1) is 0 Å². The Hall–Kier alpha value is -1.61. The molecular formula is C19H15ClF3N3S2. The summed E-state index contributed by atoms with van der Waals surface area (Å²) in [6, 6.07) is 9.61. The lowest BCUT2D eigenvalue weighted by atomic mass is 10.1. The van der Waals surface area contributed by atoms with E-state index in [4.69, 9.17) is 11.6 Å². The number of aromatic nitrogens is 2. The largest absolute Gasteiger partial charge is 0.416 e. The Balaban J connectivity index is 1.65. The van der Waals surface area contributed by atoms with Crippen LogP contribution in [-0.2, 0) is 12.7 Å². The lowest BCUT2D eigenvalue weighted by molar-refractivity contribution is -0.138. The predicted octanol–water partition coefficient (Wildman–Crippen LogP) is 5.65. The first-order chi connectivity index (χ1) is 13.3. The molecular weight excluding hydrogens is 427 g/mol. The number of benzene rings is 2. The van der Waals surface area contributed by atoms with Gasteiger partial charge in [0.2, 0.25) is 0 Å². The average molecular weight is 442 g/mol. The van der Waals surface area contributed by atoms with Crippen molar-refractivity contribution in [2.75, 3.05) is 6.54 Å². The zero-order valence-electron chi connectivity index (χ0n) is 14.4. The third kappa shape index (κ3) is 4.20. The van der Waals surface area contributed by atoms with Crippen LogP contribution in [0.5, 0.6) is 0 Å². The van der Waals surface area contributed by atoms with Crippen molar-refractivity contribution in [3.8, 4) is 0 Å². The molecule has 1 aliphatic rings. The highest BCUT2D eigenvalue weighted by Gasteiger charge is 2.33. The zero-order chi connectivity index (χ0) is 19.9. The molecule has 1 fully saturated rings. The molecule has 0 bridgehead atoms. The van der Waals surface area contributed by atoms with Gasteiger partial charge in [-0.15, -0.1) is 12.6 Å². The van der Waals surface area contributed by atoms with Crippen molar-refractivity contribution in [1.29, 1.82) is 0 Å². The number of nitrogens with one attached hydrogen (secondary N) is 1. The third-order valence-electron chi connectivity index (χ3n) is 4.40. The summed E-state index contributed by atoms with van der Waals surface area (Å²) >= 11 is 11.8. The fourth-order valence-corrected chi connectivity index (χ4v) is 4.61. The molecule has 28 heavy (non-hydrogen) atoms. The van der Waals surface area contributed by atoms with Crippen molar-refractivity contribution < 1.29 is 13.2 Å². The van der Waals surface area contributed by atoms with E-state index in [1.807, 2.05) is 18.2 Å². The maximum atomic E-state index is 13.3. The van der Waals surface area contributed by atoms with Gasteiger partial charge in [-0.2, -0.15) is 18.3 Å². The van der Waals surface area contributed by atoms with Crippen LogP contribution >= 0.6 is 36.0 Å². The van der Waals surface area contributed by atoms with Crippen LogP contribution in [-0.4, -0.2) is 21.0 Å². The highest BCUT2D eigenvalue weighted by Crippen LogP contribution is 2.35. The van der Waals surface area contributed by atoms with E-state index in [1.54, 1.807) is 22.6 Å². The first-order valence-electron chi connectivity index (χ1n) is 8.39. The Morgan fingerprint density at radius 2 is 2.11 bits per heavy atom. The summed E-state index contributed by atoms with van der Waals surface area (Å²) in [5.74, 6) is 0. The van der Waals surface area contributed by atoms with E-state index in [0.29, 0.717) is 0 Å². The summed E-state index contributed by atoms with van der Waals surface area (Å²) in [6.07, 6.45) is -0.728. The van der Waals surface area contributed by atoms with Gasteiger partial charge < -0.3 is 0 Å². The van der Waals surface area contributed by atoms with Crippen molar-refractivity contribution in [3.05, 3.63) is 69.2 Å². The quantitative estimate of drug-likeness (QED) is 0.515. The molecule has 1 atom stereocenters. The van der Waals surface area contributed by atoms with Crippen LogP contribution in [0.3, 0.4) is 0 Å². The number of nitrogens with zero attached hydrogens (tertiary/aromatic N) is 2. The van der Waals surface area contributed by atoms with E-state index < -0.39 is 11.7 Å². The van der Waals surface area contributed by atoms with Gasteiger partial charge in [0.15, 0.2) is 0 Å². The summed E-state index contributed by atoms with van der Waals surface area (Å²) in [5, 5.41) is 8.44. The van der Waals surface area contributed by atoms with E-state index in [1.165, 1.54) is 17.0 Å². The molecule has 2 aromatic carbocycles. The van der Waals surface area contributed by atoms with E-state index >= 15 is 0 Å². The van der Waals surface area contributed by atoms with Crippen molar-refractivity contribution in [1.82, 2.24) is 15.1 Å². The van der Waals surface area contributed by atoms with Crippen LogP contribution in [0.1, 0.15) is 16.7 Å². The second-order valence-corrected chi connectivity index (χ2v) is 8.92. The second kappa shape index (κ2) is 7.67. The van der Waals surface area contributed by atoms with Crippen LogP contribution in [0.2, 0.25) is 5.02 Å². The molecule has 2 heterocycles. The first-order valence-corrected chi connectivity index (χ1v) is 10.2. The SMILES string of the molecule is FC(F)(F)c1cc(Cl)ccc1Cn1ncc2cc(/C=C3\CNC(S)S3)ccc21. The molecule has 3 aromatic rings. The normalized spacial score (nSPS) is 19.0. The zero-order valence-corrected chi connectivity index (χ0v) is 16.8. The van der Waals surface area contributed by atoms with Gasteiger partial charge in [0, 0.05) is 21.9 Å². The van der Waals surface area contributed by atoms with Gasteiger partial charge in [-0.25, -0.2) is 0 Å². The highest BCUT2D eigenvalue weighted by atomic mass is 35.5. The molecule has 0 aliphatic carbocycles. The number of halogens is 4. The molecule has 0 radical (unpaired) electrons. The average Bonchev–Trinajstić information content (AvgIpc) is 3.21. The summed E-state index contributed by atoms with van der Waals surface area (Å²) in [6.45, 7) is 0.782. The number of fused-ring (bicyclic) bond motifs is 1. The fraction of sp³-hybridized carbons (Fsp3) is 0.211. The standard InChI is InChI=1S/C19H15ClF3N3S2/c20-14-3-2-12(16(7-14)19(21,22)23)10-26-17-4-1-11(5-13(17)8-25-26)6-15-9-24-18(27)28-15/h1-8,18,24,27H,9-10H2/b15-6+. The number of alkyl halides is 3. The molecule has 1 aromatic heterocycles. The Kier molecular flexibility index (Phi) is 5.39. The van der Waals surface area contributed by atoms with E-state index in [2.05, 4.69) is 29.1 Å². The van der Waals surface area contributed by atoms with Gasteiger partial charge in [0.25, 0.3) is 0 Å². The third-order valence-corrected chi connectivity index (χ3v) is 6.09. The highest BCUT2D eigenvalue weighted by molar-refractivity contribution is 8.13. The van der Waals surface area contributed by atoms with E-state index in [0.717, 1.165) is 29.1 Å². The van der Waals surface area contributed by atoms with E-state index in [-0.39, 0.29) is 21.8 Å². The Morgan fingerprint density at radius 1 is 1.29 bits per heavy atom. The van der Waals surface area contributed by atoms with Crippen LogP contribution in [0.4, 0.5) is 13.2 Å². The Morgan fingerprint density at radius 3 is 2.82 bits per heavy atom. The van der Waals surface area contributed by atoms with Crippen molar-refractivity contribution >= 4 is 53.0 Å². The first kappa shape index (κ1) is 19.7. The molecule has 0 amide bonds. The van der Waals surface area contributed by atoms with Gasteiger partial charge in [0.05, 0.1) is 23.8 Å².